The van der Waals surface area contributed by atoms with Crippen LogP contribution in [0.5, 0.6) is 0 Å². The number of nitrogens with zero attached hydrogens (tertiary/aromatic N) is 4. The highest BCUT2D eigenvalue weighted by Crippen LogP contribution is 2.05. The predicted octanol–water partition coefficient (Wildman–Crippen LogP) is -1.04. The molecule has 0 amide bonds. The zero-order chi connectivity index (χ0) is 21.1. The van der Waals surface area contributed by atoms with Gasteiger partial charge in [-0.05, 0) is 0 Å². The summed E-state index contributed by atoms with van der Waals surface area (Å²) >= 11 is 0. The second-order valence-electron chi connectivity index (χ2n) is 5.76. The lowest BCUT2D eigenvalue weighted by atomic mass is 10.4. The molecule has 0 saturated heterocycles. The molecule has 0 saturated carbocycles. The molecule has 1 aliphatic heterocycles. The van der Waals surface area contributed by atoms with E-state index in [9.17, 15) is 19.2 Å². The SMILES string of the molecule is O=C(O)CN1C=CN(CCN(CC(=O)O)CC(=O)O)C=CN(CC(=O)O)C=C1. The standard InChI is InChI=1S/C16H22N4O8/c21-13(22)9-18-4-1-17(2-5-19(7-6-18)10-14(23)24)3-8-20(11-15(25)26)12-16(27)28/h1-2,4-7H,3,8-12H2,(H,21,22)(H,23,24)(H,25,26)(H,27,28). The van der Waals surface area contributed by atoms with Crippen LogP contribution >= 0.6 is 0 Å². The van der Waals surface area contributed by atoms with Crippen LogP contribution < -0.4 is 0 Å². The average Bonchev–Trinajstić information content (AvgIpc) is 2.63. The molecular formula is C16H22N4O8. The van der Waals surface area contributed by atoms with Crippen LogP contribution in [-0.4, -0.2) is 103 Å². The fourth-order valence-corrected chi connectivity index (χ4v) is 2.19. The Morgan fingerprint density at radius 3 is 1.29 bits per heavy atom. The van der Waals surface area contributed by atoms with Gasteiger partial charge in [0.25, 0.3) is 0 Å². The van der Waals surface area contributed by atoms with Gasteiger partial charge in [-0.2, -0.15) is 0 Å². The summed E-state index contributed by atoms with van der Waals surface area (Å²) in [4.78, 5) is 49.1. The number of carboxylic acid groups (broad SMARTS) is 4. The molecular weight excluding hydrogens is 376 g/mol. The van der Waals surface area contributed by atoms with Crippen molar-refractivity contribution >= 4 is 23.9 Å². The van der Waals surface area contributed by atoms with Crippen LogP contribution in [0.1, 0.15) is 0 Å². The first-order valence-electron chi connectivity index (χ1n) is 8.07. The zero-order valence-corrected chi connectivity index (χ0v) is 14.9. The lowest BCUT2D eigenvalue weighted by molar-refractivity contribution is -0.142. The van der Waals surface area contributed by atoms with Crippen molar-refractivity contribution < 1.29 is 39.6 Å². The Hall–Kier alpha value is -3.54. The van der Waals surface area contributed by atoms with E-state index in [4.69, 9.17) is 20.4 Å². The Balaban J connectivity index is 2.90. The van der Waals surface area contributed by atoms with Gasteiger partial charge in [0.15, 0.2) is 0 Å². The van der Waals surface area contributed by atoms with Gasteiger partial charge in [0.1, 0.15) is 13.1 Å². The van der Waals surface area contributed by atoms with Crippen LogP contribution in [0.15, 0.2) is 37.2 Å². The van der Waals surface area contributed by atoms with Crippen molar-refractivity contribution in [3.63, 3.8) is 0 Å². The first-order valence-corrected chi connectivity index (χ1v) is 8.07. The van der Waals surface area contributed by atoms with Gasteiger partial charge in [-0.1, -0.05) is 0 Å². The van der Waals surface area contributed by atoms with E-state index in [2.05, 4.69) is 0 Å². The fraction of sp³-hybridized carbons (Fsp3) is 0.375. The molecule has 0 aliphatic carbocycles. The third kappa shape index (κ3) is 9.82. The van der Waals surface area contributed by atoms with Gasteiger partial charge in [0, 0.05) is 50.3 Å². The van der Waals surface area contributed by atoms with Gasteiger partial charge in [-0.15, -0.1) is 0 Å². The van der Waals surface area contributed by atoms with E-state index in [0.29, 0.717) is 0 Å². The van der Waals surface area contributed by atoms with Crippen LogP contribution in [0.25, 0.3) is 0 Å². The molecule has 0 aromatic heterocycles. The second-order valence-corrected chi connectivity index (χ2v) is 5.76. The quantitative estimate of drug-likeness (QED) is 0.335. The number of carbonyl (C=O) groups is 4. The number of aliphatic carboxylic acids is 4. The minimum Gasteiger partial charge on any atom is -0.480 e. The van der Waals surface area contributed by atoms with Gasteiger partial charge in [0.2, 0.25) is 0 Å². The van der Waals surface area contributed by atoms with Crippen molar-refractivity contribution in [3.8, 4) is 0 Å². The minimum absolute atomic E-state index is 0.0958. The molecule has 0 atom stereocenters. The number of hydrogen-bond acceptors (Lipinski definition) is 8. The zero-order valence-electron chi connectivity index (χ0n) is 14.9. The monoisotopic (exact) mass is 398 g/mol. The summed E-state index contributed by atoms with van der Waals surface area (Å²) in [7, 11) is 0. The summed E-state index contributed by atoms with van der Waals surface area (Å²) in [6.07, 6.45) is 8.77. The van der Waals surface area contributed by atoms with Crippen LogP contribution in [-0.2, 0) is 19.2 Å². The summed E-state index contributed by atoms with van der Waals surface area (Å²) in [6, 6.07) is 0. The molecule has 0 spiro atoms. The molecule has 1 aliphatic rings. The van der Waals surface area contributed by atoms with Crippen molar-refractivity contribution in [2.75, 3.05) is 39.3 Å². The number of rotatable bonds is 11. The summed E-state index contributed by atoms with van der Waals surface area (Å²) in [6.45, 7) is -1.33. The maximum atomic E-state index is 10.9. The van der Waals surface area contributed by atoms with E-state index in [0.717, 1.165) is 0 Å². The van der Waals surface area contributed by atoms with Gasteiger partial charge in [0.05, 0.1) is 13.1 Å². The average molecular weight is 398 g/mol. The second kappa shape index (κ2) is 11.2. The van der Waals surface area contributed by atoms with Crippen molar-refractivity contribution in [2.45, 2.75) is 0 Å². The number of hydrogen-bond donors (Lipinski definition) is 4. The minimum atomic E-state index is -1.17. The summed E-state index contributed by atoms with van der Waals surface area (Å²) in [5, 5.41) is 35.7. The largest absolute Gasteiger partial charge is 0.480 e. The Morgan fingerprint density at radius 1 is 0.607 bits per heavy atom. The van der Waals surface area contributed by atoms with Gasteiger partial charge in [-0.3, -0.25) is 24.1 Å². The van der Waals surface area contributed by atoms with Crippen molar-refractivity contribution in [1.29, 1.82) is 0 Å². The van der Waals surface area contributed by atoms with Crippen molar-refractivity contribution in [1.82, 2.24) is 19.6 Å². The molecule has 28 heavy (non-hydrogen) atoms. The van der Waals surface area contributed by atoms with Crippen LogP contribution in [0.2, 0.25) is 0 Å². The Labute approximate surface area is 160 Å². The highest BCUT2D eigenvalue weighted by atomic mass is 16.4. The highest BCUT2D eigenvalue weighted by molar-refractivity contribution is 5.72. The van der Waals surface area contributed by atoms with Crippen LogP contribution in [0.3, 0.4) is 0 Å². The Bertz CT molecular complexity index is 624. The molecule has 0 aromatic carbocycles. The molecule has 154 valence electrons. The molecule has 0 radical (unpaired) electrons. The smallest absolute Gasteiger partial charge is 0.323 e. The van der Waals surface area contributed by atoms with E-state index < -0.39 is 37.0 Å². The molecule has 12 nitrogen and oxygen atoms in total. The van der Waals surface area contributed by atoms with Crippen molar-refractivity contribution in [2.24, 2.45) is 0 Å². The molecule has 12 heteroatoms. The summed E-state index contributed by atoms with van der Waals surface area (Å²) < 4.78 is 0. The molecule has 1 rings (SSSR count). The summed E-state index contributed by atoms with van der Waals surface area (Å²) in [5.41, 5.74) is 0. The molecule has 0 bridgehead atoms. The topological polar surface area (TPSA) is 162 Å². The van der Waals surface area contributed by atoms with Crippen LogP contribution in [0.4, 0.5) is 0 Å². The van der Waals surface area contributed by atoms with Crippen molar-refractivity contribution in [3.05, 3.63) is 37.2 Å². The lowest BCUT2D eigenvalue weighted by Crippen LogP contribution is -2.38. The van der Waals surface area contributed by atoms with E-state index >= 15 is 0 Å². The van der Waals surface area contributed by atoms with Crippen LogP contribution in [0, 0.1) is 0 Å². The van der Waals surface area contributed by atoms with Gasteiger partial charge in [-0.25, -0.2) is 0 Å². The van der Waals surface area contributed by atoms with E-state index in [1.54, 1.807) is 4.90 Å². The molecule has 4 N–H and O–H groups in total. The van der Waals surface area contributed by atoms with E-state index in [1.807, 2.05) is 0 Å². The van der Waals surface area contributed by atoms with E-state index in [1.165, 1.54) is 51.9 Å². The van der Waals surface area contributed by atoms with Gasteiger partial charge >= 0.3 is 23.9 Å². The molecule has 0 aromatic rings. The summed E-state index contributed by atoms with van der Waals surface area (Å²) in [5.74, 6) is -4.51. The molecule has 0 fully saturated rings. The van der Waals surface area contributed by atoms with E-state index in [-0.39, 0.29) is 26.2 Å². The third-order valence-electron chi connectivity index (χ3n) is 3.38. The Morgan fingerprint density at radius 2 is 0.964 bits per heavy atom. The normalized spacial score (nSPS) is 14.0. The Kier molecular flexibility index (Phi) is 9.03. The molecule has 1 heterocycles. The predicted molar refractivity (Wildman–Crippen MR) is 94.5 cm³/mol. The maximum Gasteiger partial charge on any atom is 0.323 e. The maximum absolute atomic E-state index is 10.9. The first-order chi connectivity index (χ1) is 13.2. The lowest BCUT2D eigenvalue weighted by Gasteiger charge is -2.23. The highest BCUT2D eigenvalue weighted by Gasteiger charge is 2.14. The molecule has 0 unspecified atom stereocenters. The number of carboxylic acids is 4. The fourth-order valence-electron chi connectivity index (χ4n) is 2.19. The van der Waals surface area contributed by atoms with Gasteiger partial charge < -0.3 is 35.1 Å². The third-order valence-corrected chi connectivity index (χ3v) is 3.38. The first kappa shape index (κ1) is 22.5.